The first-order chi connectivity index (χ1) is 14.7. The summed E-state index contributed by atoms with van der Waals surface area (Å²) in [6.45, 7) is 1.35. The Morgan fingerprint density at radius 2 is 1.70 bits per heavy atom. The number of carbonyl (C=O) groups excluding carboxylic acids is 1. The molecule has 0 saturated heterocycles. The van der Waals surface area contributed by atoms with Crippen LogP contribution in [0.2, 0.25) is 0 Å². The minimum Gasteiger partial charge on any atom is -0.338 e. The molecule has 0 aliphatic carbocycles. The molecule has 0 N–H and O–H groups in total. The van der Waals surface area contributed by atoms with E-state index in [1.807, 2.05) is 59.1 Å². The van der Waals surface area contributed by atoms with Gasteiger partial charge in [-0.15, -0.1) is 10.2 Å². The monoisotopic (exact) mass is 398 g/mol. The van der Waals surface area contributed by atoms with Gasteiger partial charge in [0.1, 0.15) is 12.7 Å². The number of amides is 1. The zero-order chi connectivity index (χ0) is 20.5. The molecule has 0 atom stereocenters. The van der Waals surface area contributed by atoms with Gasteiger partial charge in [-0.25, -0.2) is 0 Å². The predicted octanol–water partition coefficient (Wildman–Crippen LogP) is 2.91. The van der Waals surface area contributed by atoms with Crippen LogP contribution in [-0.4, -0.2) is 48.4 Å². The van der Waals surface area contributed by atoms with E-state index in [0.29, 0.717) is 18.7 Å². The van der Waals surface area contributed by atoms with Crippen LogP contribution in [0.4, 0.5) is 0 Å². The number of nitrogens with zero attached hydrogens (tertiary/aromatic N) is 6. The number of fused-ring (bicyclic) bond motifs is 1. The maximum absolute atomic E-state index is 13.3. The third-order valence-corrected chi connectivity index (χ3v) is 5.67. The van der Waals surface area contributed by atoms with Gasteiger partial charge >= 0.3 is 0 Å². The van der Waals surface area contributed by atoms with E-state index in [1.165, 1.54) is 11.3 Å². The fourth-order valence-corrected chi connectivity index (χ4v) is 4.12. The van der Waals surface area contributed by atoms with Crippen LogP contribution in [0.25, 0.3) is 16.9 Å². The Balaban J connectivity index is 1.40. The Bertz CT molecular complexity index is 1180. The second kappa shape index (κ2) is 7.59. The molecule has 5 rings (SSSR count). The zero-order valence-corrected chi connectivity index (χ0v) is 16.8. The van der Waals surface area contributed by atoms with Crippen LogP contribution in [0.5, 0.6) is 0 Å². The van der Waals surface area contributed by atoms with E-state index < -0.39 is 0 Å². The third-order valence-electron chi connectivity index (χ3n) is 5.67. The molecule has 0 spiro atoms. The SMILES string of the molecule is Cn1nc(-c2ccccc2)c2c1CCN(C(=O)c1cccc(-n3cnnc3)c1)CC2. The lowest BCUT2D eigenvalue weighted by Gasteiger charge is -2.21. The lowest BCUT2D eigenvalue weighted by molar-refractivity contribution is 0.0762. The van der Waals surface area contributed by atoms with E-state index in [4.69, 9.17) is 5.10 Å². The van der Waals surface area contributed by atoms with Gasteiger partial charge in [0.05, 0.1) is 5.69 Å². The highest BCUT2D eigenvalue weighted by atomic mass is 16.2. The van der Waals surface area contributed by atoms with Crippen LogP contribution < -0.4 is 0 Å². The van der Waals surface area contributed by atoms with Gasteiger partial charge < -0.3 is 4.90 Å². The third kappa shape index (κ3) is 3.28. The summed E-state index contributed by atoms with van der Waals surface area (Å²) in [7, 11) is 1.99. The maximum atomic E-state index is 13.3. The second-order valence-electron chi connectivity index (χ2n) is 7.48. The van der Waals surface area contributed by atoms with E-state index in [0.717, 1.165) is 29.8 Å². The Morgan fingerprint density at radius 3 is 2.50 bits per heavy atom. The summed E-state index contributed by atoms with van der Waals surface area (Å²) in [5, 5.41) is 12.5. The summed E-state index contributed by atoms with van der Waals surface area (Å²) in [6, 6.07) is 17.9. The van der Waals surface area contributed by atoms with Crippen molar-refractivity contribution in [3.05, 3.63) is 84.1 Å². The fourth-order valence-electron chi connectivity index (χ4n) is 4.12. The van der Waals surface area contributed by atoms with Gasteiger partial charge in [-0.3, -0.25) is 14.0 Å². The number of rotatable bonds is 3. The van der Waals surface area contributed by atoms with E-state index in [9.17, 15) is 4.79 Å². The van der Waals surface area contributed by atoms with Gasteiger partial charge in [0.2, 0.25) is 0 Å². The summed E-state index contributed by atoms with van der Waals surface area (Å²) in [6.07, 6.45) is 4.85. The molecular weight excluding hydrogens is 376 g/mol. The number of carbonyl (C=O) groups is 1. The first-order valence-corrected chi connectivity index (χ1v) is 10.1. The average molecular weight is 398 g/mol. The second-order valence-corrected chi connectivity index (χ2v) is 7.48. The van der Waals surface area contributed by atoms with Crippen LogP contribution in [0, 0.1) is 0 Å². The van der Waals surface area contributed by atoms with Crippen molar-refractivity contribution in [2.45, 2.75) is 12.8 Å². The largest absolute Gasteiger partial charge is 0.338 e. The molecule has 4 aromatic rings. The Kier molecular flexibility index (Phi) is 4.63. The maximum Gasteiger partial charge on any atom is 0.253 e. The summed E-state index contributed by atoms with van der Waals surface area (Å²) >= 11 is 0. The molecule has 7 heteroatoms. The number of hydrogen-bond acceptors (Lipinski definition) is 4. The van der Waals surface area contributed by atoms with Crippen LogP contribution in [0.1, 0.15) is 21.6 Å². The van der Waals surface area contributed by atoms with Crippen molar-refractivity contribution < 1.29 is 4.79 Å². The molecule has 1 amide bonds. The number of aryl methyl sites for hydroxylation is 1. The highest BCUT2D eigenvalue weighted by Gasteiger charge is 2.25. The van der Waals surface area contributed by atoms with Crippen LogP contribution >= 0.6 is 0 Å². The quantitative estimate of drug-likeness (QED) is 0.532. The number of benzene rings is 2. The van der Waals surface area contributed by atoms with Crippen molar-refractivity contribution in [1.82, 2.24) is 29.4 Å². The average Bonchev–Trinajstić information content (AvgIpc) is 3.37. The Morgan fingerprint density at radius 1 is 0.933 bits per heavy atom. The molecule has 2 aromatic heterocycles. The predicted molar refractivity (Wildman–Crippen MR) is 113 cm³/mol. The lowest BCUT2D eigenvalue weighted by Crippen LogP contribution is -2.33. The first-order valence-electron chi connectivity index (χ1n) is 10.1. The number of hydrogen-bond donors (Lipinski definition) is 0. The van der Waals surface area contributed by atoms with Gasteiger partial charge in [-0.1, -0.05) is 36.4 Å². The normalized spacial score (nSPS) is 13.7. The molecular formula is C23H22N6O. The smallest absolute Gasteiger partial charge is 0.253 e. The van der Waals surface area contributed by atoms with E-state index in [2.05, 4.69) is 22.3 Å². The molecule has 7 nitrogen and oxygen atoms in total. The molecule has 3 heterocycles. The topological polar surface area (TPSA) is 68.8 Å². The minimum atomic E-state index is 0.0481. The van der Waals surface area contributed by atoms with Crippen molar-refractivity contribution in [3.8, 4) is 16.9 Å². The molecule has 150 valence electrons. The van der Waals surface area contributed by atoms with Gasteiger partial charge in [0.15, 0.2) is 0 Å². The Labute approximate surface area is 174 Å². The number of aromatic nitrogens is 5. The molecule has 30 heavy (non-hydrogen) atoms. The van der Waals surface area contributed by atoms with Crippen molar-refractivity contribution >= 4 is 5.91 Å². The van der Waals surface area contributed by atoms with Crippen LogP contribution in [0.15, 0.2) is 67.3 Å². The molecule has 0 unspecified atom stereocenters. The highest BCUT2D eigenvalue weighted by Crippen LogP contribution is 2.28. The molecule has 0 radical (unpaired) electrons. The molecule has 1 aliphatic rings. The molecule has 0 bridgehead atoms. The lowest BCUT2D eigenvalue weighted by atomic mass is 10.0. The Hall–Kier alpha value is -3.74. The van der Waals surface area contributed by atoms with Gasteiger partial charge in [0, 0.05) is 54.6 Å². The van der Waals surface area contributed by atoms with Crippen LogP contribution in [0.3, 0.4) is 0 Å². The highest BCUT2D eigenvalue weighted by molar-refractivity contribution is 5.94. The first kappa shape index (κ1) is 18.3. The van der Waals surface area contributed by atoms with Gasteiger partial charge in [-0.05, 0) is 24.6 Å². The summed E-state index contributed by atoms with van der Waals surface area (Å²) < 4.78 is 3.77. The zero-order valence-electron chi connectivity index (χ0n) is 16.8. The molecule has 0 fully saturated rings. The molecule has 1 aliphatic heterocycles. The summed E-state index contributed by atoms with van der Waals surface area (Å²) in [5.74, 6) is 0.0481. The van der Waals surface area contributed by atoms with Crippen molar-refractivity contribution in [1.29, 1.82) is 0 Å². The van der Waals surface area contributed by atoms with Crippen molar-refractivity contribution in [3.63, 3.8) is 0 Å². The fraction of sp³-hybridized carbons (Fsp3) is 0.217. The molecule has 2 aromatic carbocycles. The van der Waals surface area contributed by atoms with Crippen molar-refractivity contribution in [2.75, 3.05) is 13.1 Å². The standard InChI is InChI=1S/C23H22N6O/c1-27-21-11-13-28(12-10-20(21)22(26-27)17-6-3-2-4-7-17)23(30)18-8-5-9-19(14-18)29-15-24-25-16-29/h2-9,14-16H,10-13H2,1H3. The van der Waals surface area contributed by atoms with Crippen LogP contribution in [-0.2, 0) is 19.9 Å². The van der Waals surface area contributed by atoms with Crippen molar-refractivity contribution in [2.24, 2.45) is 7.05 Å². The van der Waals surface area contributed by atoms with E-state index in [-0.39, 0.29) is 5.91 Å². The summed E-state index contributed by atoms with van der Waals surface area (Å²) in [5.41, 5.74) is 6.15. The molecule has 0 saturated carbocycles. The minimum absolute atomic E-state index is 0.0481. The van der Waals surface area contributed by atoms with E-state index >= 15 is 0 Å². The van der Waals surface area contributed by atoms with Gasteiger partial charge in [0.25, 0.3) is 5.91 Å². The summed E-state index contributed by atoms with van der Waals surface area (Å²) in [4.78, 5) is 15.2. The van der Waals surface area contributed by atoms with Gasteiger partial charge in [-0.2, -0.15) is 5.10 Å². The van der Waals surface area contributed by atoms with E-state index in [1.54, 1.807) is 17.2 Å².